The van der Waals surface area contributed by atoms with E-state index in [4.69, 9.17) is 5.11 Å². The second kappa shape index (κ2) is 7.29. The number of thioether (sulfide) groups is 1. The van der Waals surface area contributed by atoms with Crippen molar-refractivity contribution < 1.29 is 14.1 Å². The minimum absolute atomic E-state index is 0.0695. The highest BCUT2D eigenvalue weighted by Gasteiger charge is 2.27. The highest BCUT2D eigenvalue weighted by atomic mass is 32.2. The van der Waals surface area contributed by atoms with Crippen LogP contribution in [0.5, 0.6) is 0 Å². The molecule has 0 saturated heterocycles. The monoisotopic (exact) mass is 238 g/mol. The molecule has 0 bridgehead atoms. The lowest BCUT2D eigenvalue weighted by Gasteiger charge is -2.15. The van der Waals surface area contributed by atoms with Gasteiger partial charge in [-0.25, -0.2) is 0 Å². The van der Waals surface area contributed by atoms with Gasteiger partial charge in [0.05, 0.1) is 0 Å². The van der Waals surface area contributed by atoms with E-state index in [-0.39, 0.29) is 5.92 Å². The summed E-state index contributed by atoms with van der Waals surface area (Å²) in [7, 11) is -1.24. The Hall–Kier alpha value is -0.0300. The van der Waals surface area contributed by atoms with Crippen LogP contribution in [-0.4, -0.2) is 37.8 Å². The minimum atomic E-state index is -1.24. The van der Waals surface area contributed by atoms with E-state index in [0.717, 1.165) is 11.5 Å². The molecule has 84 valence electrons. The molecular formula is C9H18O3S2. The molecule has 0 rings (SSSR count). The van der Waals surface area contributed by atoms with Gasteiger partial charge in [-0.15, -0.1) is 0 Å². The molecule has 0 aromatic rings. The Morgan fingerprint density at radius 2 is 2.07 bits per heavy atom. The van der Waals surface area contributed by atoms with Gasteiger partial charge >= 0.3 is 5.97 Å². The van der Waals surface area contributed by atoms with Gasteiger partial charge in [0.1, 0.15) is 5.25 Å². The first kappa shape index (κ1) is 14.0. The maximum absolute atomic E-state index is 11.6. The minimum Gasteiger partial charge on any atom is -0.480 e. The second-order valence-corrected chi connectivity index (χ2v) is 6.36. The summed E-state index contributed by atoms with van der Waals surface area (Å²) in [5.74, 6) is 1.23. The van der Waals surface area contributed by atoms with Crippen molar-refractivity contribution in [3.63, 3.8) is 0 Å². The van der Waals surface area contributed by atoms with Crippen molar-refractivity contribution in [1.29, 1.82) is 0 Å². The van der Waals surface area contributed by atoms with E-state index in [0.29, 0.717) is 5.75 Å². The summed E-state index contributed by atoms with van der Waals surface area (Å²) in [6.45, 7) is 5.62. The molecule has 0 amide bonds. The van der Waals surface area contributed by atoms with Crippen molar-refractivity contribution in [2.24, 2.45) is 5.92 Å². The third-order valence-corrected chi connectivity index (χ3v) is 4.84. The summed E-state index contributed by atoms with van der Waals surface area (Å²) in [6.07, 6.45) is 0. The van der Waals surface area contributed by atoms with Crippen LogP contribution in [0.15, 0.2) is 0 Å². The summed E-state index contributed by atoms with van der Waals surface area (Å²) in [5.41, 5.74) is 0. The van der Waals surface area contributed by atoms with E-state index >= 15 is 0 Å². The number of carbonyl (C=O) groups is 1. The number of carboxylic acids is 1. The fraction of sp³-hybridized carbons (Fsp3) is 0.889. The SMILES string of the molecule is CCSCCS(=O)C(C(=O)O)C(C)C. The van der Waals surface area contributed by atoms with Crippen LogP contribution in [0.25, 0.3) is 0 Å². The van der Waals surface area contributed by atoms with Crippen molar-refractivity contribution in [2.75, 3.05) is 17.3 Å². The van der Waals surface area contributed by atoms with Crippen LogP contribution in [0.3, 0.4) is 0 Å². The first-order valence-corrected chi connectivity index (χ1v) is 7.22. The van der Waals surface area contributed by atoms with Gasteiger partial charge in [0, 0.05) is 22.3 Å². The van der Waals surface area contributed by atoms with E-state index in [1.807, 2.05) is 6.92 Å². The average molecular weight is 238 g/mol. The molecule has 1 N–H and O–H groups in total. The van der Waals surface area contributed by atoms with Gasteiger partial charge in [-0.1, -0.05) is 20.8 Å². The van der Waals surface area contributed by atoms with E-state index < -0.39 is 22.0 Å². The van der Waals surface area contributed by atoms with Crippen LogP contribution in [0, 0.1) is 5.92 Å². The van der Waals surface area contributed by atoms with Gasteiger partial charge < -0.3 is 5.11 Å². The summed E-state index contributed by atoms with van der Waals surface area (Å²) in [5, 5.41) is 8.16. The second-order valence-electron chi connectivity index (χ2n) is 3.28. The Kier molecular flexibility index (Phi) is 7.27. The third-order valence-electron chi connectivity index (χ3n) is 1.77. The zero-order valence-electron chi connectivity index (χ0n) is 8.86. The van der Waals surface area contributed by atoms with Gasteiger partial charge in [-0.05, 0) is 11.7 Å². The fourth-order valence-electron chi connectivity index (χ4n) is 1.11. The molecule has 0 aromatic heterocycles. The van der Waals surface area contributed by atoms with Crippen molar-refractivity contribution in [2.45, 2.75) is 26.0 Å². The Balaban J connectivity index is 4.10. The fourth-order valence-corrected chi connectivity index (χ4v) is 3.62. The first-order valence-electron chi connectivity index (χ1n) is 4.68. The molecule has 0 aliphatic rings. The van der Waals surface area contributed by atoms with Gasteiger partial charge in [0.25, 0.3) is 0 Å². The number of aliphatic carboxylic acids is 1. The molecule has 3 nitrogen and oxygen atoms in total. The predicted octanol–water partition coefficient (Wildman–Crippen LogP) is 1.60. The maximum Gasteiger partial charge on any atom is 0.319 e. The number of hydrogen-bond donors (Lipinski definition) is 1. The van der Waals surface area contributed by atoms with Crippen LogP contribution in [0.4, 0.5) is 0 Å². The number of hydrogen-bond acceptors (Lipinski definition) is 3. The summed E-state index contributed by atoms with van der Waals surface area (Å²) in [4.78, 5) is 10.8. The molecule has 0 radical (unpaired) electrons. The van der Waals surface area contributed by atoms with Crippen molar-refractivity contribution in [1.82, 2.24) is 0 Å². The van der Waals surface area contributed by atoms with Crippen molar-refractivity contribution in [3.05, 3.63) is 0 Å². The molecule has 2 atom stereocenters. The van der Waals surface area contributed by atoms with E-state index in [1.165, 1.54) is 0 Å². The summed E-state index contributed by atoms with van der Waals surface area (Å²) in [6, 6.07) is 0. The van der Waals surface area contributed by atoms with Gasteiger partial charge in [-0.2, -0.15) is 11.8 Å². The summed E-state index contributed by atoms with van der Waals surface area (Å²) >= 11 is 1.69. The summed E-state index contributed by atoms with van der Waals surface area (Å²) < 4.78 is 11.6. The zero-order chi connectivity index (χ0) is 11.1. The number of rotatable bonds is 7. The predicted molar refractivity (Wildman–Crippen MR) is 62.3 cm³/mol. The van der Waals surface area contributed by atoms with Crippen molar-refractivity contribution >= 4 is 28.5 Å². The molecule has 0 fully saturated rings. The van der Waals surface area contributed by atoms with Crippen LogP contribution >= 0.6 is 11.8 Å². The topological polar surface area (TPSA) is 54.4 Å². The van der Waals surface area contributed by atoms with Crippen LogP contribution in [0.2, 0.25) is 0 Å². The molecule has 0 aliphatic carbocycles. The molecule has 0 saturated carbocycles. The van der Waals surface area contributed by atoms with Gasteiger partial charge in [0.15, 0.2) is 0 Å². The molecular weight excluding hydrogens is 220 g/mol. The quantitative estimate of drug-likeness (QED) is 0.684. The van der Waals surface area contributed by atoms with Crippen LogP contribution < -0.4 is 0 Å². The molecule has 0 heterocycles. The molecule has 2 unspecified atom stereocenters. The Bertz CT molecular complexity index is 204. The highest BCUT2D eigenvalue weighted by Crippen LogP contribution is 2.11. The smallest absolute Gasteiger partial charge is 0.319 e. The normalized spacial score (nSPS) is 15.4. The average Bonchev–Trinajstić information content (AvgIpc) is 2.03. The van der Waals surface area contributed by atoms with Crippen molar-refractivity contribution in [3.8, 4) is 0 Å². The van der Waals surface area contributed by atoms with Gasteiger partial charge in [-0.3, -0.25) is 9.00 Å². The molecule has 5 heteroatoms. The largest absolute Gasteiger partial charge is 0.480 e. The molecule has 0 aliphatic heterocycles. The van der Waals surface area contributed by atoms with E-state index in [2.05, 4.69) is 0 Å². The standard InChI is InChI=1S/C9H18O3S2/c1-4-13-5-6-14(12)8(7(2)3)9(10)11/h7-8H,4-6H2,1-3H3,(H,10,11). The van der Waals surface area contributed by atoms with Crippen LogP contribution in [-0.2, 0) is 15.6 Å². The lowest BCUT2D eigenvalue weighted by Crippen LogP contribution is -2.32. The molecule has 0 aromatic carbocycles. The van der Waals surface area contributed by atoms with E-state index in [1.54, 1.807) is 25.6 Å². The Morgan fingerprint density at radius 3 is 2.43 bits per heavy atom. The Morgan fingerprint density at radius 1 is 1.50 bits per heavy atom. The van der Waals surface area contributed by atoms with Crippen LogP contribution in [0.1, 0.15) is 20.8 Å². The lowest BCUT2D eigenvalue weighted by molar-refractivity contribution is -0.137. The molecule has 14 heavy (non-hydrogen) atoms. The molecule has 0 spiro atoms. The lowest BCUT2D eigenvalue weighted by atomic mass is 10.1. The first-order chi connectivity index (χ1) is 6.50. The maximum atomic E-state index is 11.6. The number of carboxylic acid groups (broad SMARTS) is 1. The third kappa shape index (κ3) is 5.00. The highest BCUT2D eigenvalue weighted by molar-refractivity contribution is 8.00. The van der Waals surface area contributed by atoms with Gasteiger partial charge in [0.2, 0.25) is 0 Å². The zero-order valence-corrected chi connectivity index (χ0v) is 10.5. The van der Waals surface area contributed by atoms with E-state index in [9.17, 15) is 9.00 Å². The Labute approximate surface area is 92.1 Å².